The van der Waals surface area contributed by atoms with E-state index in [9.17, 15) is 0 Å². The van der Waals surface area contributed by atoms with Crippen LogP contribution in [0.3, 0.4) is 0 Å². The van der Waals surface area contributed by atoms with Crippen molar-refractivity contribution in [1.82, 2.24) is 0 Å². The van der Waals surface area contributed by atoms with Crippen molar-refractivity contribution in [3.8, 4) is 11.1 Å². The molecule has 0 fully saturated rings. The summed E-state index contributed by atoms with van der Waals surface area (Å²) in [5.74, 6) is 0. The fourth-order valence-corrected chi connectivity index (χ4v) is 4.36. The third-order valence-corrected chi connectivity index (χ3v) is 5.93. The van der Waals surface area contributed by atoms with Crippen molar-refractivity contribution in [2.75, 3.05) is 0 Å². The number of hydrogen-bond donors (Lipinski definition) is 0. The molecule has 0 spiro atoms. The van der Waals surface area contributed by atoms with E-state index in [0.29, 0.717) is 5.02 Å². The highest BCUT2D eigenvalue weighted by atomic mass is 79.9. The summed E-state index contributed by atoms with van der Waals surface area (Å²) in [6.07, 6.45) is 0. The monoisotopic (exact) mass is 446 g/mol. The van der Waals surface area contributed by atoms with Gasteiger partial charge < -0.3 is 8.83 Å². The molecule has 2 nitrogen and oxygen atoms in total. The van der Waals surface area contributed by atoms with Crippen LogP contribution in [0, 0.1) is 0 Å². The van der Waals surface area contributed by atoms with Gasteiger partial charge in [-0.15, -0.1) is 0 Å². The van der Waals surface area contributed by atoms with Crippen LogP contribution >= 0.6 is 27.5 Å². The first kappa shape index (κ1) is 16.2. The van der Waals surface area contributed by atoms with Gasteiger partial charge in [-0.2, -0.15) is 0 Å². The summed E-state index contributed by atoms with van der Waals surface area (Å²) in [5.41, 5.74) is 5.65. The van der Waals surface area contributed by atoms with Gasteiger partial charge >= 0.3 is 0 Å². The minimum atomic E-state index is 0.675. The van der Waals surface area contributed by atoms with E-state index in [1.165, 1.54) is 0 Å². The highest BCUT2D eigenvalue weighted by Gasteiger charge is 2.11. The normalized spacial score (nSPS) is 11.9. The Morgan fingerprint density at radius 1 is 0.536 bits per heavy atom. The number of furan rings is 2. The lowest BCUT2D eigenvalue weighted by molar-refractivity contribution is 0.669. The molecule has 0 aliphatic rings. The van der Waals surface area contributed by atoms with Gasteiger partial charge in [0.15, 0.2) is 0 Å². The summed E-state index contributed by atoms with van der Waals surface area (Å²) < 4.78 is 13.0. The molecular formula is C24H12BrClO2. The van der Waals surface area contributed by atoms with E-state index in [-0.39, 0.29) is 0 Å². The van der Waals surface area contributed by atoms with E-state index in [0.717, 1.165) is 59.5 Å². The molecule has 0 unspecified atom stereocenters. The third kappa shape index (κ3) is 2.40. The number of benzene rings is 4. The highest BCUT2D eigenvalue weighted by Crippen LogP contribution is 2.36. The number of hydrogen-bond acceptors (Lipinski definition) is 2. The van der Waals surface area contributed by atoms with Gasteiger partial charge in [0, 0.05) is 37.1 Å². The molecule has 2 heterocycles. The van der Waals surface area contributed by atoms with Crippen LogP contribution in [0.25, 0.3) is 55.0 Å². The lowest BCUT2D eigenvalue weighted by Gasteiger charge is -2.02. The smallest absolute Gasteiger partial charge is 0.136 e. The molecule has 6 aromatic rings. The lowest BCUT2D eigenvalue weighted by Crippen LogP contribution is -1.78. The third-order valence-electron chi connectivity index (χ3n) is 5.20. The average Bonchev–Trinajstić information content (AvgIpc) is 3.23. The Bertz CT molecular complexity index is 1540. The molecular weight excluding hydrogens is 436 g/mol. The maximum atomic E-state index is 6.10. The molecule has 4 aromatic carbocycles. The Morgan fingerprint density at radius 2 is 1.14 bits per heavy atom. The quantitative estimate of drug-likeness (QED) is 0.252. The van der Waals surface area contributed by atoms with Crippen molar-refractivity contribution in [3.63, 3.8) is 0 Å². The topological polar surface area (TPSA) is 26.3 Å². The Balaban J connectivity index is 1.56. The first-order valence-corrected chi connectivity index (χ1v) is 10.1. The second-order valence-electron chi connectivity index (χ2n) is 6.91. The fraction of sp³-hybridized carbons (Fsp3) is 0. The fourth-order valence-electron chi connectivity index (χ4n) is 3.86. The average molecular weight is 448 g/mol. The molecule has 0 saturated heterocycles. The van der Waals surface area contributed by atoms with Gasteiger partial charge in [0.2, 0.25) is 0 Å². The molecule has 28 heavy (non-hydrogen) atoms. The minimum Gasteiger partial charge on any atom is -0.456 e. The maximum absolute atomic E-state index is 6.10. The van der Waals surface area contributed by atoms with Gasteiger partial charge in [-0.1, -0.05) is 39.7 Å². The van der Waals surface area contributed by atoms with Crippen LogP contribution in [0.1, 0.15) is 0 Å². The van der Waals surface area contributed by atoms with E-state index in [1.807, 2.05) is 36.4 Å². The van der Waals surface area contributed by atoms with Crippen LogP contribution in [0.2, 0.25) is 5.02 Å². The molecule has 0 atom stereocenters. The van der Waals surface area contributed by atoms with Crippen LogP contribution in [0.15, 0.2) is 86.1 Å². The van der Waals surface area contributed by atoms with E-state index in [1.54, 1.807) is 0 Å². The summed E-state index contributed by atoms with van der Waals surface area (Å²) >= 11 is 9.61. The Hall–Kier alpha value is -2.75. The zero-order chi connectivity index (χ0) is 18.8. The molecule has 0 amide bonds. The Morgan fingerprint density at radius 3 is 2.04 bits per heavy atom. The second-order valence-corrected chi connectivity index (χ2v) is 8.26. The lowest BCUT2D eigenvalue weighted by atomic mass is 10.0. The van der Waals surface area contributed by atoms with Crippen molar-refractivity contribution in [2.45, 2.75) is 0 Å². The SMILES string of the molecule is Clc1ccc2c(c1)oc1ccc(-c3ccc4c(c3)oc3cc(Br)ccc34)cc12. The standard InChI is InChI=1S/C24H12BrClO2/c25-15-3-6-18-17-5-1-14(10-22(17)28-23(18)11-15)13-2-8-21-20(9-13)19-7-4-16(26)12-24(19)27-21/h1-12H. The maximum Gasteiger partial charge on any atom is 0.136 e. The van der Waals surface area contributed by atoms with E-state index in [2.05, 4.69) is 52.3 Å². The van der Waals surface area contributed by atoms with E-state index in [4.69, 9.17) is 20.4 Å². The van der Waals surface area contributed by atoms with Crippen LogP contribution in [0.4, 0.5) is 0 Å². The highest BCUT2D eigenvalue weighted by molar-refractivity contribution is 9.10. The van der Waals surface area contributed by atoms with Gasteiger partial charge in [-0.05, 0) is 65.7 Å². The molecule has 0 N–H and O–H groups in total. The molecule has 0 saturated carbocycles. The van der Waals surface area contributed by atoms with E-state index >= 15 is 0 Å². The summed E-state index contributed by atoms with van der Waals surface area (Å²) in [6.45, 7) is 0. The number of halogens is 2. The number of rotatable bonds is 1. The van der Waals surface area contributed by atoms with Gasteiger partial charge in [0.1, 0.15) is 22.3 Å². The molecule has 134 valence electrons. The molecule has 4 heteroatoms. The first-order chi connectivity index (χ1) is 13.7. The largest absolute Gasteiger partial charge is 0.456 e. The summed E-state index contributed by atoms with van der Waals surface area (Å²) in [4.78, 5) is 0. The predicted molar refractivity (Wildman–Crippen MR) is 119 cm³/mol. The van der Waals surface area contributed by atoms with Crippen LogP contribution in [-0.4, -0.2) is 0 Å². The van der Waals surface area contributed by atoms with Crippen molar-refractivity contribution in [3.05, 3.63) is 82.3 Å². The molecule has 2 aromatic heterocycles. The zero-order valence-corrected chi connectivity index (χ0v) is 16.8. The first-order valence-electron chi connectivity index (χ1n) is 8.90. The van der Waals surface area contributed by atoms with Gasteiger partial charge in [0.25, 0.3) is 0 Å². The molecule has 0 aliphatic heterocycles. The Kier molecular flexibility index (Phi) is 3.40. The van der Waals surface area contributed by atoms with Crippen LogP contribution < -0.4 is 0 Å². The molecule has 0 aliphatic carbocycles. The van der Waals surface area contributed by atoms with Gasteiger partial charge in [-0.25, -0.2) is 0 Å². The second kappa shape index (κ2) is 5.87. The van der Waals surface area contributed by atoms with Crippen molar-refractivity contribution < 1.29 is 8.83 Å². The summed E-state index contributed by atoms with van der Waals surface area (Å²) in [6, 6.07) is 24.5. The van der Waals surface area contributed by atoms with Crippen molar-refractivity contribution in [1.29, 1.82) is 0 Å². The van der Waals surface area contributed by atoms with Gasteiger partial charge in [0.05, 0.1) is 0 Å². The van der Waals surface area contributed by atoms with Crippen molar-refractivity contribution in [2.24, 2.45) is 0 Å². The summed E-state index contributed by atoms with van der Waals surface area (Å²) in [5, 5.41) is 5.07. The number of fused-ring (bicyclic) bond motifs is 6. The minimum absolute atomic E-state index is 0.675. The molecule has 6 rings (SSSR count). The van der Waals surface area contributed by atoms with Gasteiger partial charge in [-0.3, -0.25) is 0 Å². The molecule has 0 radical (unpaired) electrons. The molecule has 0 bridgehead atoms. The Labute approximate surface area is 173 Å². The summed E-state index contributed by atoms with van der Waals surface area (Å²) in [7, 11) is 0. The van der Waals surface area contributed by atoms with E-state index < -0.39 is 0 Å². The van der Waals surface area contributed by atoms with Crippen LogP contribution in [-0.2, 0) is 0 Å². The predicted octanol–water partition coefficient (Wildman–Crippen LogP) is 8.57. The van der Waals surface area contributed by atoms with Crippen molar-refractivity contribution >= 4 is 71.4 Å². The van der Waals surface area contributed by atoms with Crippen LogP contribution in [0.5, 0.6) is 0 Å². The zero-order valence-electron chi connectivity index (χ0n) is 14.5.